The first kappa shape index (κ1) is 15.7. The van der Waals surface area contributed by atoms with E-state index < -0.39 is 0 Å². The molecule has 0 saturated carbocycles. The summed E-state index contributed by atoms with van der Waals surface area (Å²) in [5.41, 5.74) is 3.85. The Balaban J connectivity index is 2.36. The van der Waals surface area contributed by atoms with E-state index in [-0.39, 0.29) is 11.9 Å². The van der Waals surface area contributed by atoms with E-state index in [9.17, 15) is 4.39 Å². The Morgan fingerprint density at radius 3 is 2.60 bits per heavy atom. The van der Waals surface area contributed by atoms with Crippen LogP contribution in [-0.4, -0.2) is 0 Å². The van der Waals surface area contributed by atoms with Gasteiger partial charge in [0.2, 0.25) is 0 Å². The van der Waals surface area contributed by atoms with Gasteiger partial charge in [-0.15, -0.1) is 0 Å². The average Bonchev–Trinajstić information content (AvgIpc) is 2.42. The van der Waals surface area contributed by atoms with E-state index in [1.165, 1.54) is 6.07 Å². The van der Waals surface area contributed by atoms with Crippen molar-refractivity contribution < 1.29 is 4.39 Å². The Kier molecular flexibility index (Phi) is 5.41. The topological polar surface area (TPSA) is 38.0 Å². The molecule has 0 spiro atoms. The van der Waals surface area contributed by atoms with Crippen molar-refractivity contribution in [2.24, 2.45) is 5.84 Å². The standard InChI is InChI=1S/C14H12BrCl2FN2/c15-8-4-5-12(17)10(6-8)14(20-19)7-9-11(16)2-1-3-13(9)18/h1-6,14,20H,7,19H2. The lowest BCUT2D eigenvalue weighted by Crippen LogP contribution is -2.30. The van der Waals surface area contributed by atoms with Gasteiger partial charge in [-0.1, -0.05) is 45.2 Å². The number of hydrogen-bond donors (Lipinski definition) is 2. The molecule has 0 aromatic heterocycles. The van der Waals surface area contributed by atoms with Crippen LogP contribution in [0.25, 0.3) is 0 Å². The molecule has 3 N–H and O–H groups in total. The summed E-state index contributed by atoms with van der Waals surface area (Å²) in [6.07, 6.45) is 0.304. The first-order valence-electron chi connectivity index (χ1n) is 5.87. The molecule has 2 aromatic rings. The quantitative estimate of drug-likeness (QED) is 0.601. The molecular weight excluding hydrogens is 366 g/mol. The summed E-state index contributed by atoms with van der Waals surface area (Å²) >= 11 is 15.6. The maximum Gasteiger partial charge on any atom is 0.127 e. The van der Waals surface area contributed by atoms with Crippen LogP contribution < -0.4 is 11.3 Å². The molecule has 0 radical (unpaired) electrons. The number of rotatable bonds is 4. The first-order valence-corrected chi connectivity index (χ1v) is 7.41. The van der Waals surface area contributed by atoms with Gasteiger partial charge < -0.3 is 0 Å². The van der Waals surface area contributed by atoms with Crippen molar-refractivity contribution in [3.05, 3.63) is 67.9 Å². The summed E-state index contributed by atoms with van der Waals surface area (Å²) in [4.78, 5) is 0. The summed E-state index contributed by atoms with van der Waals surface area (Å²) in [6.45, 7) is 0. The molecule has 0 amide bonds. The number of benzene rings is 2. The van der Waals surface area contributed by atoms with Crippen molar-refractivity contribution in [2.75, 3.05) is 0 Å². The number of hydrogen-bond acceptors (Lipinski definition) is 2. The van der Waals surface area contributed by atoms with E-state index in [2.05, 4.69) is 21.4 Å². The summed E-state index contributed by atoms with van der Waals surface area (Å²) in [7, 11) is 0. The molecule has 6 heteroatoms. The van der Waals surface area contributed by atoms with Crippen molar-refractivity contribution in [2.45, 2.75) is 12.5 Å². The zero-order chi connectivity index (χ0) is 14.7. The first-order chi connectivity index (χ1) is 9.52. The molecule has 0 saturated heterocycles. The predicted molar refractivity (Wildman–Crippen MR) is 84.3 cm³/mol. The largest absolute Gasteiger partial charge is 0.271 e. The fourth-order valence-electron chi connectivity index (χ4n) is 1.97. The monoisotopic (exact) mass is 376 g/mol. The van der Waals surface area contributed by atoms with Gasteiger partial charge in [0, 0.05) is 20.1 Å². The summed E-state index contributed by atoms with van der Waals surface area (Å²) in [5.74, 6) is 5.22. The normalized spacial score (nSPS) is 12.4. The van der Waals surface area contributed by atoms with Gasteiger partial charge in [-0.05, 0) is 42.3 Å². The van der Waals surface area contributed by atoms with Crippen LogP contribution in [0.2, 0.25) is 10.0 Å². The fraction of sp³-hybridized carbons (Fsp3) is 0.143. The van der Waals surface area contributed by atoms with Crippen molar-refractivity contribution in [3.63, 3.8) is 0 Å². The predicted octanol–water partition coefficient (Wildman–Crippen LogP) is 4.64. The molecule has 0 fully saturated rings. The highest BCUT2D eigenvalue weighted by atomic mass is 79.9. The maximum absolute atomic E-state index is 13.8. The summed E-state index contributed by atoms with van der Waals surface area (Å²) < 4.78 is 14.7. The molecule has 0 aliphatic rings. The molecule has 0 bridgehead atoms. The zero-order valence-corrected chi connectivity index (χ0v) is 13.4. The van der Waals surface area contributed by atoms with Gasteiger partial charge in [0.05, 0.1) is 6.04 Å². The Morgan fingerprint density at radius 2 is 1.95 bits per heavy atom. The van der Waals surface area contributed by atoms with Crippen LogP contribution in [0.1, 0.15) is 17.2 Å². The van der Waals surface area contributed by atoms with E-state index in [0.29, 0.717) is 22.0 Å². The van der Waals surface area contributed by atoms with E-state index in [1.54, 1.807) is 18.2 Å². The molecule has 1 unspecified atom stereocenters. The van der Waals surface area contributed by atoms with Crippen molar-refractivity contribution in [1.82, 2.24) is 5.43 Å². The molecule has 0 aliphatic heterocycles. The van der Waals surface area contributed by atoms with Crippen LogP contribution >= 0.6 is 39.1 Å². The van der Waals surface area contributed by atoms with Gasteiger partial charge in [-0.3, -0.25) is 11.3 Å². The smallest absolute Gasteiger partial charge is 0.127 e. The fourth-order valence-corrected chi connectivity index (χ4v) is 2.84. The lowest BCUT2D eigenvalue weighted by atomic mass is 9.99. The van der Waals surface area contributed by atoms with E-state index in [1.807, 2.05) is 12.1 Å². The van der Waals surface area contributed by atoms with Gasteiger partial charge in [-0.25, -0.2) is 4.39 Å². The lowest BCUT2D eigenvalue weighted by molar-refractivity contribution is 0.529. The highest BCUT2D eigenvalue weighted by molar-refractivity contribution is 9.10. The Morgan fingerprint density at radius 1 is 1.20 bits per heavy atom. The highest BCUT2D eigenvalue weighted by Crippen LogP contribution is 2.30. The second-order valence-electron chi connectivity index (χ2n) is 4.29. The molecule has 2 nitrogen and oxygen atoms in total. The van der Waals surface area contributed by atoms with Gasteiger partial charge in [0.1, 0.15) is 5.82 Å². The third-order valence-corrected chi connectivity index (χ3v) is 4.20. The Bertz CT molecular complexity index is 602. The molecular formula is C14H12BrCl2FN2. The SMILES string of the molecule is NNC(Cc1c(F)cccc1Cl)c1cc(Br)ccc1Cl. The van der Waals surface area contributed by atoms with Crippen LogP contribution in [0, 0.1) is 5.82 Å². The van der Waals surface area contributed by atoms with E-state index in [0.717, 1.165) is 10.0 Å². The van der Waals surface area contributed by atoms with Gasteiger partial charge in [-0.2, -0.15) is 0 Å². The second-order valence-corrected chi connectivity index (χ2v) is 6.02. The Hall–Kier alpha value is -0.650. The number of nitrogens with one attached hydrogen (secondary N) is 1. The molecule has 2 aromatic carbocycles. The lowest BCUT2D eigenvalue weighted by Gasteiger charge is -2.19. The summed E-state index contributed by atoms with van der Waals surface area (Å²) in [6, 6.07) is 9.69. The number of hydrazine groups is 1. The molecule has 1 atom stereocenters. The minimum atomic E-state index is -0.358. The van der Waals surface area contributed by atoms with Crippen LogP contribution in [0.5, 0.6) is 0 Å². The minimum Gasteiger partial charge on any atom is -0.271 e. The van der Waals surface area contributed by atoms with Gasteiger partial charge in [0.15, 0.2) is 0 Å². The van der Waals surface area contributed by atoms with Crippen LogP contribution in [0.4, 0.5) is 4.39 Å². The zero-order valence-electron chi connectivity index (χ0n) is 10.3. The third-order valence-electron chi connectivity index (χ3n) is 3.00. The van der Waals surface area contributed by atoms with E-state index >= 15 is 0 Å². The molecule has 0 heterocycles. The van der Waals surface area contributed by atoms with Crippen LogP contribution in [-0.2, 0) is 6.42 Å². The average molecular weight is 378 g/mol. The minimum absolute atomic E-state index is 0.304. The second kappa shape index (κ2) is 6.87. The highest BCUT2D eigenvalue weighted by Gasteiger charge is 2.18. The van der Waals surface area contributed by atoms with Crippen molar-refractivity contribution in [1.29, 1.82) is 0 Å². The molecule has 20 heavy (non-hydrogen) atoms. The maximum atomic E-state index is 13.8. The van der Waals surface area contributed by atoms with Crippen LogP contribution in [0.15, 0.2) is 40.9 Å². The molecule has 106 valence electrons. The van der Waals surface area contributed by atoms with Crippen molar-refractivity contribution in [3.8, 4) is 0 Å². The number of halogens is 4. The van der Waals surface area contributed by atoms with Gasteiger partial charge in [0.25, 0.3) is 0 Å². The number of nitrogens with two attached hydrogens (primary N) is 1. The van der Waals surface area contributed by atoms with Gasteiger partial charge >= 0.3 is 0 Å². The van der Waals surface area contributed by atoms with E-state index in [4.69, 9.17) is 29.0 Å². The molecule has 2 rings (SSSR count). The third kappa shape index (κ3) is 3.51. The Labute approximate surface area is 135 Å². The van der Waals surface area contributed by atoms with Crippen molar-refractivity contribution >= 4 is 39.1 Å². The molecule has 0 aliphatic carbocycles. The van der Waals surface area contributed by atoms with Crippen LogP contribution in [0.3, 0.4) is 0 Å². The summed E-state index contributed by atoms with van der Waals surface area (Å²) in [5, 5.41) is 0.931.